The molecule has 0 saturated heterocycles. The molecule has 0 aliphatic carbocycles. The summed E-state index contributed by atoms with van der Waals surface area (Å²) in [5.41, 5.74) is 2.17. The second-order valence-corrected chi connectivity index (χ2v) is 3.51. The molecule has 0 saturated carbocycles. The van der Waals surface area contributed by atoms with Crippen molar-refractivity contribution in [3.63, 3.8) is 0 Å². The van der Waals surface area contributed by atoms with Gasteiger partial charge in [-0.3, -0.25) is 0 Å². The number of hydrogen-bond acceptors (Lipinski definition) is 0. The van der Waals surface area contributed by atoms with Crippen molar-refractivity contribution in [2.24, 2.45) is 0 Å². The van der Waals surface area contributed by atoms with E-state index in [1.165, 1.54) is 12.1 Å². The predicted molar refractivity (Wildman–Crippen MR) is 60.0 cm³/mol. The third-order valence-electron chi connectivity index (χ3n) is 2.47. The largest absolute Gasteiger partial charge is 0.207 e. The molecule has 0 fully saturated rings. The molecule has 0 aliphatic rings. The predicted octanol–water partition coefficient (Wildman–Crippen LogP) is 3.79. The molecule has 2 aromatic carbocycles. The Balaban J connectivity index is 2.29. The van der Waals surface area contributed by atoms with E-state index in [9.17, 15) is 4.39 Å². The quantitative estimate of drug-likeness (QED) is 0.690. The molecule has 1 atom stereocenters. The molecule has 0 unspecified atom stereocenters. The maximum Gasteiger partial charge on any atom is 0.123 e. The van der Waals surface area contributed by atoms with Crippen LogP contribution in [0.15, 0.2) is 54.6 Å². The highest BCUT2D eigenvalue weighted by Crippen LogP contribution is 2.23. The Morgan fingerprint density at radius 3 is 1.93 bits per heavy atom. The summed E-state index contributed by atoms with van der Waals surface area (Å²) >= 11 is 0. The van der Waals surface area contributed by atoms with E-state index in [4.69, 9.17) is 0 Å². The molecule has 0 amide bonds. The second-order valence-electron chi connectivity index (χ2n) is 3.51. The molecule has 0 spiro atoms. The lowest BCUT2D eigenvalue weighted by Gasteiger charge is -2.11. The fraction of sp³-hybridized carbons (Fsp3) is 0.0714. The summed E-state index contributed by atoms with van der Waals surface area (Å²) in [4.78, 5) is 0. The molecule has 2 rings (SSSR count). The van der Waals surface area contributed by atoms with Gasteiger partial charge in [-0.15, -0.1) is 0 Å². The average molecular weight is 199 g/mol. The minimum atomic E-state index is -0.209. The number of rotatable bonds is 2. The highest BCUT2D eigenvalue weighted by molar-refractivity contribution is 5.33. The summed E-state index contributed by atoms with van der Waals surface area (Å²) in [7, 11) is 0. The van der Waals surface area contributed by atoms with Crippen LogP contribution in [-0.2, 0) is 0 Å². The number of halogens is 1. The molecule has 0 nitrogen and oxygen atoms in total. The Kier molecular flexibility index (Phi) is 2.82. The van der Waals surface area contributed by atoms with Gasteiger partial charge in [0.25, 0.3) is 0 Å². The van der Waals surface area contributed by atoms with E-state index in [0.29, 0.717) is 0 Å². The standard InChI is InChI=1S/C14H12F/c1-11(12-5-3-2-4-6-12)13-7-9-14(15)10-8-13/h2-11H,1H2/t11-/m0/s1. The zero-order valence-electron chi connectivity index (χ0n) is 8.36. The van der Waals surface area contributed by atoms with E-state index >= 15 is 0 Å². The van der Waals surface area contributed by atoms with E-state index in [-0.39, 0.29) is 11.7 Å². The summed E-state index contributed by atoms with van der Waals surface area (Å²) in [6, 6.07) is 16.5. The summed E-state index contributed by atoms with van der Waals surface area (Å²) in [6.07, 6.45) is 0. The smallest absolute Gasteiger partial charge is 0.123 e. The zero-order valence-corrected chi connectivity index (χ0v) is 8.36. The highest BCUT2D eigenvalue weighted by atomic mass is 19.1. The summed E-state index contributed by atoms with van der Waals surface area (Å²) in [5.74, 6) is -0.147. The van der Waals surface area contributed by atoms with Gasteiger partial charge in [-0.05, 0) is 30.2 Å². The summed E-state index contributed by atoms with van der Waals surface area (Å²) in [5, 5.41) is 0. The minimum absolute atomic E-state index is 0.0619. The van der Waals surface area contributed by atoms with Gasteiger partial charge in [0.15, 0.2) is 0 Å². The van der Waals surface area contributed by atoms with Crippen LogP contribution in [0.2, 0.25) is 0 Å². The van der Waals surface area contributed by atoms with Gasteiger partial charge in [-0.25, -0.2) is 4.39 Å². The number of hydrogen-bond donors (Lipinski definition) is 0. The van der Waals surface area contributed by atoms with Crippen LogP contribution in [0.4, 0.5) is 4.39 Å². The molecule has 0 aliphatic heterocycles. The van der Waals surface area contributed by atoms with Gasteiger partial charge in [-0.2, -0.15) is 0 Å². The first-order chi connectivity index (χ1) is 7.27. The highest BCUT2D eigenvalue weighted by Gasteiger charge is 2.07. The first-order valence-corrected chi connectivity index (χ1v) is 4.91. The number of benzene rings is 2. The first-order valence-electron chi connectivity index (χ1n) is 4.91. The van der Waals surface area contributed by atoms with Gasteiger partial charge < -0.3 is 0 Å². The van der Waals surface area contributed by atoms with E-state index in [1.807, 2.05) is 30.3 Å². The lowest BCUT2D eigenvalue weighted by atomic mass is 9.93. The van der Waals surface area contributed by atoms with Crippen molar-refractivity contribution in [1.82, 2.24) is 0 Å². The van der Waals surface area contributed by atoms with E-state index in [0.717, 1.165) is 11.1 Å². The topological polar surface area (TPSA) is 0 Å². The third-order valence-corrected chi connectivity index (χ3v) is 2.47. The zero-order chi connectivity index (χ0) is 10.7. The Labute approximate surface area is 89.4 Å². The maximum atomic E-state index is 12.7. The van der Waals surface area contributed by atoms with Gasteiger partial charge in [0.1, 0.15) is 5.82 Å². The SMILES string of the molecule is [CH2][C@@H](c1ccccc1)c1ccc(F)cc1. The van der Waals surface area contributed by atoms with Crippen molar-refractivity contribution in [2.75, 3.05) is 0 Å². The molecule has 2 aromatic rings. The molecule has 0 bridgehead atoms. The van der Waals surface area contributed by atoms with Crippen molar-refractivity contribution >= 4 is 0 Å². The molecule has 0 aromatic heterocycles. The van der Waals surface area contributed by atoms with Crippen LogP contribution in [0, 0.1) is 12.7 Å². The average Bonchev–Trinajstić information content (AvgIpc) is 2.30. The maximum absolute atomic E-state index is 12.7. The van der Waals surface area contributed by atoms with Crippen LogP contribution >= 0.6 is 0 Å². The Bertz CT molecular complexity index is 417. The Morgan fingerprint density at radius 2 is 1.33 bits per heavy atom. The van der Waals surface area contributed by atoms with Gasteiger partial charge in [0, 0.05) is 5.92 Å². The minimum Gasteiger partial charge on any atom is -0.207 e. The first kappa shape index (κ1) is 9.91. The van der Waals surface area contributed by atoms with Gasteiger partial charge in [0.05, 0.1) is 0 Å². The fourth-order valence-electron chi connectivity index (χ4n) is 1.57. The van der Waals surface area contributed by atoms with Crippen LogP contribution in [-0.4, -0.2) is 0 Å². The lowest BCUT2D eigenvalue weighted by molar-refractivity contribution is 0.627. The van der Waals surface area contributed by atoms with Crippen molar-refractivity contribution in [1.29, 1.82) is 0 Å². The van der Waals surface area contributed by atoms with Gasteiger partial charge in [0.2, 0.25) is 0 Å². The van der Waals surface area contributed by atoms with E-state index in [1.54, 1.807) is 12.1 Å². The monoisotopic (exact) mass is 199 g/mol. The molecule has 1 radical (unpaired) electrons. The lowest BCUT2D eigenvalue weighted by Crippen LogP contribution is -1.95. The molecule has 0 N–H and O–H groups in total. The third kappa shape index (κ3) is 2.24. The molecule has 75 valence electrons. The van der Waals surface area contributed by atoms with E-state index < -0.39 is 0 Å². The molecule has 15 heavy (non-hydrogen) atoms. The van der Waals surface area contributed by atoms with Crippen LogP contribution in [0.5, 0.6) is 0 Å². The van der Waals surface area contributed by atoms with Crippen LogP contribution in [0.1, 0.15) is 17.0 Å². The molecular weight excluding hydrogens is 187 g/mol. The summed E-state index contributed by atoms with van der Waals surface area (Å²) < 4.78 is 12.7. The van der Waals surface area contributed by atoms with Crippen LogP contribution < -0.4 is 0 Å². The fourth-order valence-corrected chi connectivity index (χ4v) is 1.57. The Hall–Kier alpha value is -1.63. The molecular formula is C14H12F. The van der Waals surface area contributed by atoms with Crippen LogP contribution in [0.3, 0.4) is 0 Å². The van der Waals surface area contributed by atoms with Gasteiger partial charge >= 0.3 is 0 Å². The second kappa shape index (κ2) is 4.26. The van der Waals surface area contributed by atoms with Gasteiger partial charge in [-0.1, -0.05) is 42.5 Å². The van der Waals surface area contributed by atoms with Crippen molar-refractivity contribution in [3.05, 3.63) is 78.5 Å². The molecule has 1 heteroatoms. The van der Waals surface area contributed by atoms with Crippen molar-refractivity contribution in [2.45, 2.75) is 5.92 Å². The van der Waals surface area contributed by atoms with Crippen LogP contribution in [0.25, 0.3) is 0 Å². The Morgan fingerprint density at radius 1 is 0.800 bits per heavy atom. The van der Waals surface area contributed by atoms with E-state index in [2.05, 4.69) is 6.92 Å². The molecule has 0 heterocycles. The van der Waals surface area contributed by atoms with Crippen molar-refractivity contribution < 1.29 is 4.39 Å². The normalized spacial score (nSPS) is 12.4. The summed E-state index contributed by atoms with van der Waals surface area (Å²) in [6.45, 7) is 4.09. The van der Waals surface area contributed by atoms with Crippen molar-refractivity contribution in [3.8, 4) is 0 Å².